The average molecular weight is 287 g/mol. The summed E-state index contributed by atoms with van der Waals surface area (Å²) in [6.45, 7) is 5.55. The number of rotatable bonds is 7. The zero-order valence-corrected chi connectivity index (χ0v) is 11.5. The van der Waals surface area contributed by atoms with Gasteiger partial charge in [0.05, 0.1) is 13.2 Å². The van der Waals surface area contributed by atoms with Crippen molar-refractivity contribution in [3.05, 3.63) is 23.8 Å². The van der Waals surface area contributed by atoms with Crippen molar-refractivity contribution in [3.63, 3.8) is 0 Å². The lowest BCUT2D eigenvalue weighted by atomic mass is 10.2. The van der Waals surface area contributed by atoms with Gasteiger partial charge in [-0.25, -0.2) is 0 Å². The Morgan fingerprint density at radius 1 is 1.12 bits per heavy atom. The van der Waals surface area contributed by atoms with E-state index in [-0.39, 0.29) is 0 Å². The Morgan fingerprint density at radius 2 is 1.94 bits per heavy atom. The summed E-state index contributed by atoms with van der Waals surface area (Å²) < 4.78 is 11.3. The Kier molecular flexibility index (Phi) is 6.31. The van der Waals surface area contributed by atoms with Gasteiger partial charge in [-0.05, 0) is 31.0 Å². The molecule has 0 spiro atoms. The van der Waals surface area contributed by atoms with Crippen LogP contribution in [0.4, 0.5) is 0 Å². The van der Waals surface area contributed by atoms with E-state index in [2.05, 4.69) is 28.9 Å². The van der Waals surface area contributed by atoms with Gasteiger partial charge >= 0.3 is 0 Å². The van der Waals surface area contributed by atoms with Crippen molar-refractivity contribution >= 4 is 15.9 Å². The van der Waals surface area contributed by atoms with Gasteiger partial charge in [-0.1, -0.05) is 35.3 Å². The van der Waals surface area contributed by atoms with Crippen molar-refractivity contribution in [2.45, 2.75) is 32.0 Å². The van der Waals surface area contributed by atoms with Crippen molar-refractivity contribution in [2.75, 3.05) is 13.2 Å². The Labute approximate surface area is 106 Å². The SMILES string of the molecule is CCCCOc1ccc(CBr)cc1OCC. The summed E-state index contributed by atoms with van der Waals surface area (Å²) in [5.41, 5.74) is 1.20. The molecule has 0 bridgehead atoms. The van der Waals surface area contributed by atoms with Crippen molar-refractivity contribution < 1.29 is 9.47 Å². The third-order valence-electron chi connectivity index (χ3n) is 2.22. The highest BCUT2D eigenvalue weighted by molar-refractivity contribution is 9.08. The number of ether oxygens (including phenoxy) is 2. The van der Waals surface area contributed by atoms with Crippen molar-refractivity contribution in [2.24, 2.45) is 0 Å². The maximum Gasteiger partial charge on any atom is 0.161 e. The van der Waals surface area contributed by atoms with Gasteiger partial charge in [-0.3, -0.25) is 0 Å². The van der Waals surface area contributed by atoms with Crippen LogP contribution in [0.1, 0.15) is 32.3 Å². The summed E-state index contributed by atoms with van der Waals surface area (Å²) in [4.78, 5) is 0. The second kappa shape index (κ2) is 7.55. The predicted molar refractivity (Wildman–Crippen MR) is 70.6 cm³/mol. The van der Waals surface area contributed by atoms with Crippen LogP contribution in [0.15, 0.2) is 18.2 Å². The second-order valence-corrected chi connectivity index (χ2v) is 4.11. The van der Waals surface area contributed by atoms with E-state index in [4.69, 9.17) is 9.47 Å². The molecular weight excluding hydrogens is 268 g/mol. The van der Waals surface area contributed by atoms with Crippen LogP contribution >= 0.6 is 15.9 Å². The number of benzene rings is 1. The number of hydrogen-bond donors (Lipinski definition) is 0. The van der Waals surface area contributed by atoms with E-state index in [9.17, 15) is 0 Å². The molecule has 0 aliphatic heterocycles. The van der Waals surface area contributed by atoms with Crippen LogP contribution in [0.3, 0.4) is 0 Å². The summed E-state index contributed by atoms with van der Waals surface area (Å²) in [6.07, 6.45) is 2.22. The standard InChI is InChI=1S/C13H19BrO2/c1-3-5-8-16-12-7-6-11(10-14)9-13(12)15-4-2/h6-7,9H,3-5,8,10H2,1-2H3. The van der Waals surface area contributed by atoms with Crippen LogP contribution in [0.2, 0.25) is 0 Å². The number of alkyl halides is 1. The molecule has 3 heteroatoms. The molecule has 0 aliphatic carbocycles. The molecule has 90 valence electrons. The highest BCUT2D eigenvalue weighted by Crippen LogP contribution is 2.29. The van der Waals surface area contributed by atoms with E-state index in [1.54, 1.807) is 0 Å². The largest absolute Gasteiger partial charge is 0.490 e. The first-order valence-electron chi connectivity index (χ1n) is 5.76. The highest BCUT2D eigenvalue weighted by Gasteiger charge is 2.05. The molecule has 0 unspecified atom stereocenters. The fraction of sp³-hybridized carbons (Fsp3) is 0.538. The van der Waals surface area contributed by atoms with Gasteiger partial charge in [-0.2, -0.15) is 0 Å². The van der Waals surface area contributed by atoms with E-state index in [1.165, 1.54) is 5.56 Å². The third-order valence-corrected chi connectivity index (χ3v) is 2.87. The van der Waals surface area contributed by atoms with Gasteiger partial charge in [0.1, 0.15) is 0 Å². The lowest BCUT2D eigenvalue weighted by Crippen LogP contribution is -2.01. The van der Waals surface area contributed by atoms with Gasteiger partial charge in [0, 0.05) is 5.33 Å². The Morgan fingerprint density at radius 3 is 2.56 bits per heavy atom. The van der Waals surface area contributed by atoms with Crippen LogP contribution in [0, 0.1) is 0 Å². The first kappa shape index (κ1) is 13.4. The molecule has 2 nitrogen and oxygen atoms in total. The molecule has 16 heavy (non-hydrogen) atoms. The first-order chi connectivity index (χ1) is 7.81. The Bertz CT molecular complexity index is 313. The smallest absolute Gasteiger partial charge is 0.161 e. The minimum Gasteiger partial charge on any atom is -0.490 e. The van der Waals surface area contributed by atoms with E-state index < -0.39 is 0 Å². The topological polar surface area (TPSA) is 18.5 Å². The molecule has 0 saturated heterocycles. The minimum absolute atomic E-state index is 0.663. The Hall–Kier alpha value is -0.700. The summed E-state index contributed by atoms with van der Waals surface area (Å²) in [5.74, 6) is 1.69. The first-order valence-corrected chi connectivity index (χ1v) is 6.88. The zero-order chi connectivity index (χ0) is 11.8. The highest BCUT2D eigenvalue weighted by atomic mass is 79.9. The quantitative estimate of drug-likeness (QED) is 0.554. The molecule has 0 heterocycles. The summed E-state index contributed by atoms with van der Waals surface area (Å²) in [7, 11) is 0. The van der Waals surface area contributed by atoms with Crippen LogP contribution in [0.5, 0.6) is 11.5 Å². The maximum atomic E-state index is 5.69. The molecule has 0 saturated carbocycles. The van der Waals surface area contributed by atoms with Gasteiger partial charge in [0.2, 0.25) is 0 Å². The van der Waals surface area contributed by atoms with E-state index >= 15 is 0 Å². The number of hydrogen-bond acceptors (Lipinski definition) is 2. The van der Waals surface area contributed by atoms with E-state index in [1.807, 2.05) is 19.1 Å². The molecule has 1 aromatic rings. The van der Waals surface area contributed by atoms with Crippen LogP contribution in [-0.4, -0.2) is 13.2 Å². The van der Waals surface area contributed by atoms with Gasteiger partial charge in [-0.15, -0.1) is 0 Å². The molecule has 0 fully saturated rings. The Balaban J connectivity index is 2.72. The fourth-order valence-corrected chi connectivity index (χ4v) is 1.70. The van der Waals surface area contributed by atoms with Gasteiger partial charge in [0.15, 0.2) is 11.5 Å². The molecule has 0 aliphatic rings. The zero-order valence-electron chi connectivity index (χ0n) is 9.96. The number of unbranched alkanes of at least 4 members (excludes halogenated alkanes) is 1. The molecule has 1 rings (SSSR count). The molecule has 0 radical (unpaired) electrons. The van der Waals surface area contributed by atoms with Crippen molar-refractivity contribution in [1.29, 1.82) is 0 Å². The molecule has 0 aromatic heterocycles. The number of halogens is 1. The molecule has 0 atom stereocenters. The second-order valence-electron chi connectivity index (χ2n) is 3.55. The predicted octanol–water partition coefficient (Wildman–Crippen LogP) is 4.16. The summed E-state index contributed by atoms with van der Waals surface area (Å²) in [6, 6.07) is 6.06. The summed E-state index contributed by atoms with van der Waals surface area (Å²) in [5, 5.41) is 0.836. The maximum absolute atomic E-state index is 5.69. The minimum atomic E-state index is 0.663. The normalized spacial score (nSPS) is 10.2. The van der Waals surface area contributed by atoms with Gasteiger partial charge in [0.25, 0.3) is 0 Å². The summed E-state index contributed by atoms with van der Waals surface area (Å²) >= 11 is 3.43. The van der Waals surface area contributed by atoms with Crippen molar-refractivity contribution in [3.8, 4) is 11.5 Å². The lowest BCUT2D eigenvalue weighted by Gasteiger charge is -2.12. The van der Waals surface area contributed by atoms with Gasteiger partial charge < -0.3 is 9.47 Å². The van der Waals surface area contributed by atoms with Crippen LogP contribution < -0.4 is 9.47 Å². The monoisotopic (exact) mass is 286 g/mol. The fourth-order valence-electron chi connectivity index (χ4n) is 1.35. The molecule has 0 N–H and O–H groups in total. The van der Waals surface area contributed by atoms with Crippen LogP contribution in [0.25, 0.3) is 0 Å². The molecule has 0 amide bonds. The van der Waals surface area contributed by atoms with E-state index in [0.29, 0.717) is 6.61 Å². The average Bonchev–Trinajstić information content (AvgIpc) is 2.31. The van der Waals surface area contributed by atoms with Crippen molar-refractivity contribution in [1.82, 2.24) is 0 Å². The molecule has 1 aromatic carbocycles. The van der Waals surface area contributed by atoms with Crippen LogP contribution in [-0.2, 0) is 5.33 Å². The lowest BCUT2D eigenvalue weighted by molar-refractivity contribution is 0.272. The van der Waals surface area contributed by atoms with E-state index in [0.717, 1.165) is 36.3 Å². The third kappa shape index (κ3) is 4.05. The molecular formula is C13H19BrO2.